The monoisotopic (exact) mass is 190 g/mol. The van der Waals surface area contributed by atoms with E-state index in [1.54, 1.807) is 0 Å². The number of carbonyl (C=O) groups is 1. The Morgan fingerprint density at radius 1 is 1.25 bits per heavy atom. The van der Waals surface area contributed by atoms with Crippen molar-refractivity contribution in [2.75, 3.05) is 0 Å². The number of hydrogen-bond acceptors (Lipinski definition) is 2. The number of nitrogens with two attached hydrogens (primary N) is 2. The summed E-state index contributed by atoms with van der Waals surface area (Å²) in [5.41, 5.74) is 10.7. The number of hydrogen-bond donors (Lipinski definition) is 2. The first-order chi connectivity index (χ1) is 5.06. The van der Waals surface area contributed by atoms with Crippen LogP contribution in [0.4, 0.5) is 0 Å². The van der Waals surface area contributed by atoms with Crippen LogP contribution < -0.4 is 11.5 Å². The molecule has 0 bridgehead atoms. The number of amides is 1. The summed E-state index contributed by atoms with van der Waals surface area (Å²) in [5.74, 6) is -0.324. The van der Waals surface area contributed by atoms with Gasteiger partial charge in [0.2, 0.25) is 5.91 Å². The van der Waals surface area contributed by atoms with Crippen LogP contribution in [0.3, 0.4) is 0 Å². The normalized spacial score (nSPS) is 28.1. The molecule has 0 saturated heterocycles. The van der Waals surface area contributed by atoms with Gasteiger partial charge < -0.3 is 11.5 Å². The molecule has 0 aromatic heterocycles. The summed E-state index contributed by atoms with van der Waals surface area (Å²) in [7, 11) is 0. The Morgan fingerprint density at radius 2 is 1.75 bits per heavy atom. The van der Waals surface area contributed by atoms with Crippen LogP contribution in [0.1, 0.15) is 32.1 Å². The average molecular weight is 191 g/mol. The average Bonchev–Trinajstić information content (AvgIpc) is 1.75. The summed E-state index contributed by atoms with van der Waals surface area (Å²) in [6.07, 6.45) is 5.46. The standard InChI is InChI=1S/C8H14N2O.ClH/c9-6(11)8(10)4-7(5-8)2-1-3-7;/h1-5,10H2,(H2,9,11);1H. The van der Waals surface area contributed by atoms with E-state index in [1.807, 2.05) is 0 Å². The number of primary amides is 1. The molecule has 2 aliphatic carbocycles. The minimum absolute atomic E-state index is 0. The van der Waals surface area contributed by atoms with Gasteiger partial charge in [0.25, 0.3) is 0 Å². The third-order valence-electron chi connectivity index (χ3n) is 3.29. The summed E-state index contributed by atoms with van der Waals surface area (Å²) in [4.78, 5) is 10.8. The van der Waals surface area contributed by atoms with Crippen molar-refractivity contribution in [3.63, 3.8) is 0 Å². The smallest absolute Gasteiger partial charge is 0.237 e. The Kier molecular flexibility index (Phi) is 2.13. The summed E-state index contributed by atoms with van der Waals surface area (Å²) >= 11 is 0. The lowest BCUT2D eigenvalue weighted by atomic mass is 9.48. The van der Waals surface area contributed by atoms with Crippen LogP contribution in [-0.2, 0) is 4.79 Å². The molecule has 0 aliphatic heterocycles. The molecule has 2 fully saturated rings. The number of halogens is 1. The molecule has 1 spiro atoms. The van der Waals surface area contributed by atoms with E-state index in [9.17, 15) is 4.79 Å². The highest BCUT2D eigenvalue weighted by molar-refractivity contribution is 5.86. The Labute approximate surface area is 78.3 Å². The largest absolute Gasteiger partial charge is 0.368 e. The van der Waals surface area contributed by atoms with E-state index in [0.29, 0.717) is 5.41 Å². The van der Waals surface area contributed by atoms with Gasteiger partial charge in [-0.2, -0.15) is 0 Å². The van der Waals surface area contributed by atoms with Gasteiger partial charge in [0.05, 0.1) is 5.54 Å². The SMILES string of the molecule is Cl.NC(=O)C1(N)CC2(CCC2)C1. The molecule has 0 unspecified atom stereocenters. The Hall–Kier alpha value is -0.280. The fourth-order valence-electron chi connectivity index (χ4n) is 2.49. The maximum Gasteiger partial charge on any atom is 0.237 e. The molecule has 0 aromatic rings. The summed E-state index contributed by atoms with van der Waals surface area (Å²) in [6.45, 7) is 0. The highest BCUT2D eigenvalue weighted by Crippen LogP contribution is 2.59. The van der Waals surface area contributed by atoms with Gasteiger partial charge in [-0.15, -0.1) is 12.4 Å². The van der Waals surface area contributed by atoms with Crippen LogP contribution in [0.25, 0.3) is 0 Å². The first kappa shape index (κ1) is 9.81. The van der Waals surface area contributed by atoms with Crippen LogP contribution in [0.15, 0.2) is 0 Å². The molecule has 0 radical (unpaired) electrons. The zero-order chi connectivity index (χ0) is 8.11. The third-order valence-corrected chi connectivity index (χ3v) is 3.29. The van der Waals surface area contributed by atoms with Gasteiger partial charge in [-0.1, -0.05) is 6.42 Å². The van der Waals surface area contributed by atoms with Gasteiger partial charge in [-0.05, 0) is 31.1 Å². The van der Waals surface area contributed by atoms with Crippen molar-refractivity contribution in [2.45, 2.75) is 37.6 Å². The first-order valence-electron chi connectivity index (χ1n) is 4.15. The number of rotatable bonds is 1. The van der Waals surface area contributed by atoms with Gasteiger partial charge in [-0.25, -0.2) is 0 Å². The molecule has 0 atom stereocenters. The lowest BCUT2D eigenvalue weighted by molar-refractivity contribution is -0.137. The molecule has 4 N–H and O–H groups in total. The van der Waals surface area contributed by atoms with Gasteiger partial charge in [0.1, 0.15) is 0 Å². The molecule has 4 heteroatoms. The zero-order valence-electron chi connectivity index (χ0n) is 7.01. The van der Waals surface area contributed by atoms with Crippen molar-refractivity contribution >= 4 is 18.3 Å². The van der Waals surface area contributed by atoms with Gasteiger partial charge in [0, 0.05) is 0 Å². The maximum absolute atomic E-state index is 10.8. The van der Waals surface area contributed by atoms with Crippen molar-refractivity contribution < 1.29 is 4.79 Å². The third kappa shape index (κ3) is 1.12. The quantitative estimate of drug-likeness (QED) is 0.634. The molecule has 12 heavy (non-hydrogen) atoms. The lowest BCUT2D eigenvalue weighted by Gasteiger charge is -2.58. The van der Waals surface area contributed by atoms with Crippen LogP contribution >= 0.6 is 12.4 Å². The molecule has 2 rings (SSSR count). The minimum atomic E-state index is -0.652. The fraction of sp³-hybridized carbons (Fsp3) is 0.875. The van der Waals surface area contributed by atoms with Gasteiger partial charge >= 0.3 is 0 Å². The second-order valence-corrected chi connectivity index (χ2v) is 4.23. The van der Waals surface area contributed by atoms with Crippen molar-refractivity contribution in [2.24, 2.45) is 16.9 Å². The van der Waals surface area contributed by atoms with E-state index in [-0.39, 0.29) is 18.3 Å². The van der Waals surface area contributed by atoms with Crippen molar-refractivity contribution in [1.29, 1.82) is 0 Å². The molecule has 2 saturated carbocycles. The van der Waals surface area contributed by atoms with Crippen LogP contribution in [0.5, 0.6) is 0 Å². The summed E-state index contributed by atoms with van der Waals surface area (Å²) < 4.78 is 0. The molecule has 3 nitrogen and oxygen atoms in total. The molecule has 2 aliphatic rings. The second kappa shape index (κ2) is 2.60. The zero-order valence-corrected chi connectivity index (χ0v) is 7.82. The maximum atomic E-state index is 10.8. The first-order valence-corrected chi connectivity index (χ1v) is 4.15. The fourth-order valence-corrected chi connectivity index (χ4v) is 2.49. The Bertz CT molecular complexity index is 205. The summed E-state index contributed by atoms with van der Waals surface area (Å²) in [5, 5.41) is 0. The summed E-state index contributed by atoms with van der Waals surface area (Å²) in [6, 6.07) is 0. The van der Waals surface area contributed by atoms with E-state index < -0.39 is 5.54 Å². The van der Waals surface area contributed by atoms with E-state index in [1.165, 1.54) is 19.3 Å². The van der Waals surface area contributed by atoms with Crippen molar-refractivity contribution in [1.82, 2.24) is 0 Å². The van der Waals surface area contributed by atoms with Crippen molar-refractivity contribution in [3.8, 4) is 0 Å². The highest BCUT2D eigenvalue weighted by Gasteiger charge is 2.57. The van der Waals surface area contributed by atoms with Crippen LogP contribution in [0, 0.1) is 5.41 Å². The molecular formula is C8H15ClN2O. The second-order valence-electron chi connectivity index (χ2n) is 4.23. The van der Waals surface area contributed by atoms with E-state index in [4.69, 9.17) is 11.5 Å². The van der Waals surface area contributed by atoms with Gasteiger partial charge in [0.15, 0.2) is 0 Å². The molecule has 0 aromatic carbocycles. The van der Waals surface area contributed by atoms with E-state index in [0.717, 1.165) is 12.8 Å². The molecule has 0 heterocycles. The predicted octanol–water partition coefficient (Wildman–Crippen LogP) is 0.555. The lowest BCUT2D eigenvalue weighted by Crippen LogP contribution is -2.66. The predicted molar refractivity (Wildman–Crippen MR) is 48.9 cm³/mol. The molecule has 70 valence electrons. The Morgan fingerprint density at radius 3 is 2.00 bits per heavy atom. The molecular weight excluding hydrogens is 176 g/mol. The molecule has 1 amide bonds. The Balaban J connectivity index is 0.000000720. The van der Waals surface area contributed by atoms with Crippen LogP contribution in [-0.4, -0.2) is 11.4 Å². The van der Waals surface area contributed by atoms with Gasteiger partial charge in [-0.3, -0.25) is 4.79 Å². The number of carbonyl (C=O) groups excluding carboxylic acids is 1. The minimum Gasteiger partial charge on any atom is -0.368 e. The highest BCUT2D eigenvalue weighted by atomic mass is 35.5. The van der Waals surface area contributed by atoms with E-state index >= 15 is 0 Å². The van der Waals surface area contributed by atoms with E-state index in [2.05, 4.69) is 0 Å². The van der Waals surface area contributed by atoms with Crippen molar-refractivity contribution in [3.05, 3.63) is 0 Å². The van der Waals surface area contributed by atoms with Crippen LogP contribution in [0.2, 0.25) is 0 Å². The topological polar surface area (TPSA) is 69.1 Å².